The van der Waals surface area contributed by atoms with Crippen LogP contribution in [0.5, 0.6) is 5.75 Å². The van der Waals surface area contributed by atoms with Crippen LogP contribution < -0.4 is 15.1 Å². The van der Waals surface area contributed by atoms with Crippen LogP contribution in [0.3, 0.4) is 0 Å². The number of morpholine rings is 1. The van der Waals surface area contributed by atoms with E-state index in [0.717, 1.165) is 56.9 Å². The summed E-state index contributed by atoms with van der Waals surface area (Å²) in [6.45, 7) is 8.63. The number of hydrogen-bond acceptors (Lipinski definition) is 6. The molecule has 2 aromatic carbocycles. The smallest absolute Gasteiger partial charge is 0.200 e. The summed E-state index contributed by atoms with van der Waals surface area (Å²) in [5, 5.41) is 0.626. The normalized spacial score (nSPS) is 17.7. The summed E-state index contributed by atoms with van der Waals surface area (Å²) >= 11 is 0. The molecule has 5 rings (SSSR count). The van der Waals surface area contributed by atoms with Gasteiger partial charge in [-0.1, -0.05) is 43.7 Å². The number of likely N-dealkylation sites (tertiary alicyclic amines) is 1. The van der Waals surface area contributed by atoms with E-state index in [0.29, 0.717) is 42.6 Å². The van der Waals surface area contributed by atoms with Crippen LogP contribution in [0.25, 0.3) is 11.0 Å². The van der Waals surface area contributed by atoms with Crippen molar-refractivity contribution < 1.29 is 13.9 Å². The van der Waals surface area contributed by atoms with Crippen LogP contribution in [0.2, 0.25) is 0 Å². The minimum absolute atomic E-state index is 0.00191. The Morgan fingerprint density at radius 2 is 1.77 bits per heavy atom. The predicted octanol–water partition coefficient (Wildman–Crippen LogP) is 4.84. The van der Waals surface area contributed by atoms with E-state index in [2.05, 4.69) is 47.1 Å². The van der Waals surface area contributed by atoms with Gasteiger partial charge in [0.1, 0.15) is 17.9 Å². The summed E-state index contributed by atoms with van der Waals surface area (Å²) in [5.74, 6) is 2.12. The predicted molar refractivity (Wildman–Crippen MR) is 140 cm³/mol. The van der Waals surface area contributed by atoms with Crippen molar-refractivity contribution in [1.82, 2.24) is 4.90 Å². The molecule has 0 unspecified atom stereocenters. The number of hydrogen-bond donors (Lipinski definition) is 0. The lowest BCUT2D eigenvalue weighted by molar-refractivity contribution is 0.121. The van der Waals surface area contributed by atoms with Gasteiger partial charge in [-0.2, -0.15) is 0 Å². The highest BCUT2D eigenvalue weighted by atomic mass is 16.5. The van der Waals surface area contributed by atoms with Crippen LogP contribution in [0.1, 0.15) is 43.2 Å². The molecule has 2 aliphatic rings. The molecule has 0 saturated carbocycles. The first-order chi connectivity index (χ1) is 17.2. The summed E-state index contributed by atoms with van der Waals surface area (Å²) in [6, 6.07) is 16.3. The van der Waals surface area contributed by atoms with E-state index < -0.39 is 0 Å². The quantitative estimate of drug-likeness (QED) is 0.464. The van der Waals surface area contributed by atoms with E-state index in [9.17, 15) is 4.79 Å². The summed E-state index contributed by atoms with van der Waals surface area (Å²) in [6.07, 6.45) is 4.14. The largest absolute Gasteiger partial charge is 0.492 e. The van der Waals surface area contributed by atoms with Gasteiger partial charge in [0, 0.05) is 31.3 Å². The van der Waals surface area contributed by atoms with E-state index >= 15 is 0 Å². The van der Waals surface area contributed by atoms with Gasteiger partial charge in [0.2, 0.25) is 0 Å². The molecule has 0 N–H and O–H groups in total. The molecule has 2 aliphatic heterocycles. The monoisotopic (exact) mass is 476 g/mol. The van der Waals surface area contributed by atoms with Gasteiger partial charge in [0.05, 0.1) is 18.6 Å². The van der Waals surface area contributed by atoms with Crippen molar-refractivity contribution in [3.8, 4) is 5.75 Å². The zero-order valence-corrected chi connectivity index (χ0v) is 20.7. The van der Waals surface area contributed by atoms with Gasteiger partial charge in [-0.15, -0.1) is 0 Å². The van der Waals surface area contributed by atoms with Crippen molar-refractivity contribution in [2.24, 2.45) is 0 Å². The Kier molecular flexibility index (Phi) is 7.69. The fourth-order valence-electron chi connectivity index (χ4n) is 5.31. The number of rotatable bonds is 8. The first kappa shape index (κ1) is 23.9. The van der Waals surface area contributed by atoms with Crippen LogP contribution in [-0.2, 0) is 11.2 Å². The van der Waals surface area contributed by atoms with Crippen LogP contribution >= 0.6 is 0 Å². The molecule has 0 spiro atoms. The van der Waals surface area contributed by atoms with Crippen molar-refractivity contribution in [2.45, 2.75) is 38.5 Å². The van der Waals surface area contributed by atoms with E-state index in [4.69, 9.17) is 13.9 Å². The minimum atomic E-state index is -0.00191. The third-order valence-corrected chi connectivity index (χ3v) is 7.29. The molecule has 186 valence electrons. The Balaban J connectivity index is 1.26. The van der Waals surface area contributed by atoms with Crippen molar-refractivity contribution in [3.05, 3.63) is 69.9 Å². The topological polar surface area (TPSA) is 55.2 Å². The Hall–Kier alpha value is -2.83. The molecule has 0 bridgehead atoms. The Bertz CT molecular complexity index is 1160. The number of nitrogens with zero attached hydrogens (tertiary/aromatic N) is 2. The minimum Gasteiger partial charge on any atom is -0.492 e. The molecule has 35 heavy (non-hydrogen) atoms. The average molecular weight is 477 g/mol. The van der Waals surface area contributed by atoms with E-state index in [1.165, 1.54) is 18.4 Å². The summed E-state index contributed by atoms with van der Waals surface area (Å²) < 4.78 is 18.1. The molecule has 3 aromatic rings. The summed E-state index contributed by atoms with van der Waals surface area (Å²) in [5.41, 5.74) is 3.13. The Labute approximate surface area is 207 Å². The number of aryl methyl sites for hydroxylation is 1. The summed E-state index contributed by atoms with van der Waals surface area (Å²) in [4.78, 5) is 17.5. The van der Waals surface area contributed by atoms with Crippen molar-refractivity contribution in [1.29, 1.82) is 0 Å². The van der Waals surface area contributed by atoms with Gasteiger partial charge >= 0.3 is 0 Å². The highest BCUT2D eigenvalue weighted by Gasteiger charge is 2.21. The lowest BCUT2D eigenvalue weighted by Gasteiger charge is -2.32. The molecule has 3 heterocycles. The molecule has 6 nitrogen and oxygen atoms in total. The number of benzene rings is 2. The van der Waals surface area contributed by atoms with E-state index in [1.807, 2.05) is 12.1 Å². The van der Waals surface area contributed by atoms with Gasteiger partial charge in [-0.3, -0.25) is 9.69 Å². The van der Waals surface area contributed by atoms with Crippen molar-refractivity contribution >= 4 is 16.9 Å². The highest BCUT2D eigenvalue weighted by Crippen LogP contribution is 2.31. The van der Waals surface area contributed by atoms with Gasteiger partial charge < -0.3 is 18.8 Å². The number of ether oxygens (including phenoxy) is 2. The van der Waals surface area contributed by atoms with Crippen LogP contribution in [0.4, 0.5) is 5.88 Å². The van der Waals surface area contributed by atoms with Crippen LogP contribution in [0, 0.1) is 0 Å². The van der Waals surface area contributed by atoms with E-state index in [-0.39, 0.29) is 5.43 Å². The maximum atomic E-state index is 12.9. The number of anilines is 1. The first-order valence-electron chi connectivity index (χ1n) is 13.1. The fourth-order valence-corrected chi connectivity index (χ4v) is 5.31. The summed E-state index contributed by atoms with van der Waals surface area (Å²) in [7, 11) is 0. The number of fused-ring (bicyclic) bond motifs is 1. The third kappa shape index (κ3) is 5.54. The Morgan fingerprint density at radius 3 is 2.51 bits per heavy atom. The zero-order valence-electron chi connectivity index (χ0n) is 20.7. The van der Waals surface area contributed by atoms with Gasteiger partial charge in [-0.05, 0) is 56.0 Å². The molecule has 0 amide bonds. The molecule has 1 aromatic heterocycles. The third-order valence-electron chi connectivity index (χ3n) is 7.29. The average Bonchev–Trinajstić information content (AvgIpc) is 2.91. The lowest BCUT2D eigenvalue weighted by atomic mass is 9.89. The zero-order chi connectivity index (χ0) is 24.0. The van der Waals surface area contributed by atoms with Crippen molar-refractivity contribution in [3.63, 3.8) is 0 Å². The van der Waals surface area contributed by atoms with Crippen LogP contribution in [-0.4, -0.2) is 57.4 Å². The molecule has 0 aliphatic carbocycles. The molecular formula is C29H36N2O4. The number of piperidine rings is 1. The molecule has 2 saturated heterocycles. The second kappa shape index (κ2) is 11.3. The molecule has 6 heteroatoms. The van der Waals surface area contributed by atoms with Gasteiger partial charge in [-0.25, -0.2) is 0 Å². The lowest BCUT2D eigenvalue weighted by Crippen LogP contribution is -2.36. The molecular weight excluding hydrogens is 440 g/mol. The maximum absolute atomic E-state index is 12.9. The fraction of sp³-hybridized carbons (Fsp3) is 0.483. The SMILES string of the molecule is CCCc1c(OCCN2CCC(c3ccccc3)CC2)ccc2c(=O)cc(N3CCOCC3)oc12. The maximum Gasteiger partial charge on any atom is 0.200 e. The second-order valence-corrected chi connectivity index (χ2v) is 9.59. The van der Waals surface area contributed by atoms with E-state index in [1.54, 1.807) is 6.07 Å². The first-order valence-corrected chi connectivity index (χ1v) is 13.1. The standard InChI is InChI=1S/C29H36N2O4/c1-2-6-25-27(34-20-15-30-13-11-23(12-14-30)22-7-4-3-5-8-22)10-9-24-26(32)21-28(35-29(24)25)31-16-18-33-19-17-31/h3-5,7-10,21,23H,2,6,11-20H2,1H3. The molecule has 0 radical (unpaired) electrons. The van der Waals surface area contributed by atoms with Gasteiger partial charge in [0.15, 0.2) is 11.3 Å². The van der Waals surface area contributed by atoms with Gasteiger partial charge in [0.25, 0.3) is 0 Å². The highest BCUT2D eigenvalue weighted by molar-refractivity contribution is 5.83. The Morgan fingerprint density at radius 1 is 1.00 bits per heavy atom. The molecule has 0 atom stereocenters. The van der Waals surface area contributed by atoms with Crippen molar-refractivity contribution in [2.75, 3.05) is 57.4 Å². The second-order valence-electron chi connectivity index (χ2n) is 9.59. The van der Waals surface area contributed by atoms with Crippen LogP contribution in [0.15, 0.2) is 57.7 Å². The molecule has 2 fully saturated rings.